The van der Waals surface area contributed by atoms with Crippen molar-refractivity contribution >= 4 is 36.3 Å². The predicted octanol–water partition coefficient (Wildman–Crippen LogP) is 8.65. The Bertz CT molecular complexity index is 704. The van der Waals surface area contributed by atoms with Crippen molar-refractivity contribution in [3.05, 3.63) is 11.6 Å². The van der Waals surface area contributed by atoms with Crippen LogP contribution in [0.1, 0.15) is 110 Å². The quantitative estimate of drug-likeness (QED) is 0.230. The van der Waals surface area contributed by atoms with Crippen LogP contribution in [0.5, 0.6) is 0 Å². The third-order valence-corrected chi connectivity index (χ3v) is 18.1. The van der Waals surface area contributed by atoms with Crippen LogP contribution in [-0.2, 0) is 11.9 Å². The molecule has 6 heteroatoms. The fourth-order valence-electron chi connectivity index (χ4n) is 6.41. The molecule has 0 bridgehead atoms. The molecule has 0 aromatic carbocycles. The average molecular weight is 619 g/mol. The van der Waals surface area contributed by atoms with Gasteiger partial charge in [-0.1, -0.05) is 65.7 Å². The summed E-state index contributed by atoms with van der Waals surface area (Å²) in [7, 11) is 17.5. The molecular formula is C28H51Cl2N2PRu. The van der Waals surface area contributed by atoms with Gasteiger partial charge in [0.1, 0.15) is 0 Å². The Labute approximate surface area is 222 Å². The number of rotatable bonds is 4. The van der Waals surface area contributed by atoms with Crippen LogP contribution in [0.15, 0.2) is 11.6 Å². The van der Waals surface area contributed by atoms with Crippen molar-refractivity contribution in [2.24, 2.45) is 0 Å². The van der Waals surface area contributed by atoms with E-state index in [2.05, 4.69) is 23.9 Å². The zero-order valence-corrected chi connectivity index (χ0v) is 26.5. The van der Waals surface area contributed by atoms with Gasteiger partial charge in [0.2, 0.25) is 0 Å². The average Bonchev–Trinajstić information content (AvgIpc) is 3.19. The van der Waals surface area contributed by atoms with Gasteiger partial charge in [-0.05, 0) is 55.5 Å². The van der Waals surface area contributed by atoms with Crippen LogP contribution in [-0.4, -0.2) is 62.9 Å². The van der Waals surface area contributed by atoms with Gasteiger partial charge in [0.05, 0.1) is 0 Å². The summed E-state index contributed by atoms with van der Waals surface area (Å²) in [5, 5.41) is 0. The summed E-state index contributed by atoms with van der Waals surface area (Å²) in [5.74, 6) is 0. The fraction of sp³-hybridized carbons (Fsp3) is 0.857. The van der Waals surface area contributed by atoms with E-state index in [1.165, 1.54) is 41.8 Å². The van der Waals surface area contributed by atoms with Crippen LogP contribution >= 0.6 is 27.3 Å². The third kappa shape index (κ3) is 8.81. The van der Waals surface area contributed by atoms with Gasteiger partial charge in [-0.15, -0.1) is 0 Å². The normalized spacial score (nSPS) is 25.2. The Kier molecular flexibility index (Phi) is 12.9. The molecule has 0 atom stereocenters. The van der Waals surface area contributed by atoms with Gasteiger partial charge >= 0.3 is 103 Å². The van der Waals surface area contributed by atoms with Crippen molar-refractivity contribution in [3.63, 3.8) is 0 Å². The molecule has 0 spiro atoms. The molecule has 1 saturated heterocycles. The molecule has 4 fully saturated rings. The van der Waals surface area contributed by atoms with Crippen LogP contribution in [0, 0.1) is 0 Å². The minimum atomic E-state index is -2.79. The van der Waals surface area contributed by atoms with Gasteiger partial charge in [-0.2, -0.15) is 0 Å². The first-order chi connectivity index (χ1) is 16.3. The molecule has 2 nitrogen and oxygen atoms in total. The summed E-state index contributed by atoms with van der Waals surface area (Å²) in [6.07, 6.45) is 25.6. The summed E-state index contributed by atoms with van der Waals surface area (Å²) in [6.45, 7) is 6.12. The molecule has 34 heavy (non-hydrogen) atoms. The molecule has 3 saturated carbocycles. The molecule has 0 N–H and O–H groups in total. The Morgan fingerprint density at radius 1 is 0.706 bits per heavy atom. The van der Waals surface area contributed by atoms with Gasteiger partial charge in [0.15, 0.2) is 0 Å². The molecule has 0 amide bonds. The molecule has 3 aliphatic carbocycles. The Morgan fingerprint density at radius 2 is 1.06 bits per heavy atom. The first kappa shape index (κ1) is 29.6. The van der Waals surface area contributed by atoms with Gasteiger partial charge in [0, 0.05) is 0 Å². The molecule has 200 valence electrons. The maximum absolute atomic E-state index is 6.49. The monoisotopic (exact) mass is 618 g/mol. The number of halogens is 2. The van der Waals surface area contributed by atoms with Gasteiger partial charge in [0.25, 0.3) is 0 Å². The molecule has 0 radical (unpaired) electrons. The minimum absolute atomic E-state index is 0.385. The van der Waals surface area contributed by atoms with Crippen LogP contribution in [0.3, 0.4) is 0 Å². The number of hydrogen-bond acceptors (Lipinski definition) is 2. The second kappa shape index (κ2) is 14.8. The third-order valence-electron chi connectivity index (χ3n) is 8.12. The zero-order chi connectivity index (χ0) is 24.6. The molecule has 1 heterocycles. The van der Waals surface area contributed by atoms with Crippen LogP contribution < -0.4 is 0 Å². The van der Waals surface area contributed by atoms with Crippen molar-refractivity contribution in [1.29, 1.82) is 0 Å². The van der Waals surface area contributed by atoms with E-state index in [0.717, 1.165) is 17.4 Å². The standard InChI is InChI=1S/C18H33P.C5H10N2.C5H8.2ClH.Ru/c1-4-10-16(11-5-1)19(17-12-6-2-7-13-17)18-14-8-3-9-15-18;1-6-3-4-7(2)5-6;1-4-5(2)3;;;/h16-18H,1-15H2;3-4H2,1-2H3;1,4H,2-3H3;2*1H;/q;;;;;+2/p-2. The molecule has 0 aromatic heterocycles. The summed E-state index contributed by atoms with van der Waals surface area (Å²) >= 11 is -2.79. The van der Waals surface area contributed by atoms with E-state index in [9.17, 15) is 0 Å². The van der Waals surface area contributed by atoms with E-state index in [-0.39, 0.29) is 0 Å². The fourth-order valence-corrected chi connectivity index (χ4v) is 17.4. The van der Waals surface area contributed by atoms with Crippen molar-refractivity contribution in [3.8, 4) is 0 Å². The van der Waals surface area contributed by atoms with Crippen molar-refractivity contribution in [1.82, 2.24) is 9.80 Å². The van der Waals surface area contributed by atoms with Gasteiger partial charge in [-0.3, -0.25) is 0 Å². The number of allylic oxidation sites excluding steroid dienone is 2. The summed E-state index contributed by atoms with van der Waals surface area (Å²) < 4.78 is 3.12. The Hall–Kier alpha value is 1.03. The van der Waals surface area contributed by atoms with E-state index >= 15 is 0 Å². The molecule has 0 aromatic rings. The van der Waals surface area contributed by atoms with Crippen LogP contribution in [0.25, 0.3) is 0 Å². The van der Waals surface area contributed by atoms with E-state index in [4.69, 9.17) is 19.4 Å². The van der Waals surface area contributed by atoms with Crippen LogP contribution in [0.2, 0.25) is 0 Å². The topological polar surface area (TPSA) is 6.48 Å². The summed E-state index contributed by atoms with van der Waals surface area (Å²) in [6, 6.07) is 0. The second-order valence-corrected chi connectivity index (χ2v) is 23.6. The van der Waals surface area contributed by atoms with Crippen LogP contribution in [0.4, 0.5) is 0 Å². The molecule has 1 aliphatic heterocycles. The van der Waals surface area contributed by atoms with Crippen molar-refractivity contribution < 1.29 is 11.9 Å². The molecule has 4 rings (SSSR count). The first-order valence-electron chi connectivity index (χ1n) is 14.0. The number of nitrogens with zero attached hydrogens (tertiary/aromatic N) is 2. The molecule has 4 aliphatic rings. The summed E-state index contributed by atoms with van der Waals surface area (Å²) in [4.78, 5) is 4.34. The number of likely N-dealkylation sites (N-methyl/N-ethyl adjacent to an activating group) is 2. The molecular weight excluding hydrogens is 567 g/mol. The van der Waals surface area contributed by atoms with Crippen molar-refractivity contribution in [2.75, 3.05) is 27.2 Å². The van der Waals surface area contributed by atoms with E-state index in [0.29, 0.717) is 7.92 Å². The Morgan fingerprint density at radius 3 is 1.38 bits per heavy atom. The maximum atomic E-state index is 6.49. The number of hydrogen-bond donors (Lipinski definition) is 0. The van der Waals surface area contributed by atoms with E-state index in [1.807, 2.05) is 24.5 Å². The Balaban J connectivity index is 0.000000197. The SMILES string of the molecule is C1CCC(P(C2CCCCC2)C2CCCCC2)CC1.CC(C)=C[CH]=[Ru]([Cl])([Cl])=[C]1N(C)CCN1C. The van der Waals surface area contributed by atoms with Gasteiger partial charge < -0.3 is 0 Å². The van der Waals surface area contributed by atoms with E-state index in [1.54, 1.807) is 77.0 Å². The predicted molar refractivity (Wildman–Crippen MR) is 155 cm³/mol. The van der Waals surface area contributed by atoms with Crippen molar-refractivity contribution in [2.45, 2.75) is 127 Å². The van der Waals surface area contributed by atoms with E-state index < -0.39 is 11.9 Å². The first-order valence-corrected chi connectivity index (χ1v) is 21.9. The second-order valence-electron chi connectivity index (χ2n) is 11.2. The molecule has 0 unspecified atom stereocenters. The zero-order valence-electron chi connectivity index (χ0n) is 22.4. The summed E-state index contributed by atoms with van der Waals surface area (Å²) in [5.41, 5.74) is 4.80. The van der Waals surface area contributed by atoms with Gasteiger partial charge in [-0.25, -0.2) is 0 Å².